The van der Waals surface area contributed by atoms with E-state index < -0.39 is 53.0 Å². The standard InChI is InChI=1S/C22H29F3N6O4/c1-20(2,3)15(29-19(35)22(23,24)25)18(34)31-9-11-13(21(11,4)5)14(31)16(32)28-12(7-26)10-8-27-30(6)17(10)33/h8,11-15,27H,9H2,1-6H3,(H,28,32)(H,29,35)/t11-,12?,13-,14-,15+/m0/s1. The van der Waals surface area contributed by atoms with E-state index in [-0.39, 0.29) is 29.4 Å². The lowest BCUT2D eigenvalue weighted by Crippen LogP contribution is -2.60. The van der Waals surface area contributed by atoms with Crippen molar-refractivity contribution in [1.29, 1.82) is 5.26 Å². The lowest BCUT2D eigenvalue weighted by molar-refractivity contribution is -0.176. The number of nitrogens with zero attached hydrogens (tertiary/aromatic N) is 3. The number of hydrogen-bond acceptors (Lipinski definition) is 5. The number of carbonyl (C=O) groups excluding carboxylic acids is 3. The van der Waals surface area contributed by atoms with Crippen molar-refractivity contribution in [3.63, 3.8) is 0 Å². The lowest BCUT2D eigenvalue weighted by atomic mass is 9.85. The van der Waals surface area contributed by atoms with Crippen LogP contribution in [0.2, 0.25) is 0 Å². The molecule has 1 aliphatic carbocycles. The zero-order valence-electron chi connectivity index (χ0n) is 20.3. The SMILES string of the molecule is Cn1[nH]cc(C(C#N)NC(=O)[C@@H]2[C@@H]3[C@H](CN2C(=O)[C@@H](NC(=O)C(F)(F)F)C(C)(C)C)C3(C)C)c1=O. The first-order valence-corrected chi connectivity index (χ1v) is 11.0. The minimum absolute atomic E-state index is 0.0100. The van der Waals surface area contributed by atoms with Gasteiger partial charge in [-0.2, -0.15) is 18.4 Å². The van der Waals surface area contributed by atoms with Gasteiger partial charge in [0.1, 0.15) is 18.1 Å². The number of amides is 3. The fourth-order valence-corrected chi connectivity index (χ4v) is 4.94. The fraction of sp³-hybridized carbons (Fsp3) is 0.682. The Hall–Kier alpha value is -3.30. The number of nitrogens with one attached hydrogen (secondary N) is 3. The minimum atomic E-state index is -5.18. The van der Waals surface area contributed by atoms with Crippen molar-refractivity contribution in [2.24, 2.45) is 29.7 Å². The first-order valence-electron chi connectivity index (χ1n) is 11.0. The Bertz CT molecular complexity index is 1140. The average Bonchev–Trinajstić information content (AvgIpc) is 3.05. The lowest BCUT2D eigenvalue weighted by Gasteiger charge is -2.37. The molecule has 13 heteroatoms. The number of aromatic amines is 1. The second kappa shape index (κ2) is 8.42. The third kappa shape index (κ3) is 4.66. The number of rotatable bonds is 5. The summed E-state index contributed by atoms with van der Waals surface area (Å²) in [4.78, 5) is 51.9. The summed E-state index contributed by atoms with van der Waals surface area (Å²) in [6.07, 6.45) is -3.89. The van der Waals surface area contributed by atoms with Gasteiger partial charge in [-0.15, -0.1) is 0 Å². The van der Waals surface area contributed by atoms with E-state index in [1.807, 2.05) is 19.9 Å². The van der Waals surface area contributed by atoms with E-state index in [9.17, 15) is 37.6 Å². The molecular formula is C22H29F3N6O4. The molecule has 3 N–H and O–H groups in total. The quantitative estimate of drug-likeness (QED) is 0.555. The highest BCUT2D eigenvalue weighted by Crippen LogP contribution is 2.65. The molecule has 0 radical (unpaired) electrons. The van der Waals surface area contributed by atoms with Crippen molar-refractivity contribution in [2.45, 2.75) is 58.9 Å². The van der Waals surface area contributed by atoms with Crippen LogP contribution in [0.1, 0.15) is 46.2 Å². The van der Waals surface area contributed by atoms with E-state index in [0.717, 1.165) is 4.68 Å². The van der Waals surface area contributed by atoms with Crippen LogP contribution in [-0.2, 0) is 21.4 Å². The van der Waals surface area contributed by atoms with Crippen LogP contribution in [0.15, 0.2) is 11.0 Å². The average molecular weight is 499 g/mol. The summed E-state index contributed by atoms with van der Waals surface area (Å²) in [6.45, 7) is 8.48. The molecule has 1 saturated heterocycles. The highest BCUT2D eigenvalue weighted by Gasteiger charge is 2.70. The van der Waals surface area contributed by atoms with Crippen molar-refractivity contribution in [3.8, 4) is 6.07 Å². The molecular weight excluding hydrogens is 469 g/mol. The first kappa shape index (κ1) is 26.3. The number of halogens is 3. The Morgan fingerprint density at radius 3 is 2.29 bits per heavy atom. The number of carbonyl (C=O) groups is 3. The van der Waals surface area contributed by atoms with Gasteiger partial charge in [0.05, 0.1) is 11.6 Å². The van der Waals surface area contributed by atoms with Crippen LogP contribution in [0.4, 0.5) is 13.2 Å². The smallest absolute Gasteiger partial charge is 0.336 e. The molecule has 3 amide bonds. The van der Waals surface area contributed by atoms with Crippen molar-refractivity contribution in [3.05, 3.63) is 22.1 Å². The predicted molar refractivity (Wildman–Crippen MR) is 116 cm³/mol. The fourth-order valence-electron chi connectivity index (χ4n) is 4.94. The van der Waals surface area contributed by atoms with E-state index >= 15 is 0 Å². The predicted octanol–water partition coefficient (Wildman–Crippen LogP) is 0.970. The molecule has 5 atom stereocenters. The van der Waals surface area contributed by atoms with Gasteiger partial charge < -0.3 is 20.6 Å². The van der Waals surface area contributed by atoms with E-state index in [2.05, 4.69) is 10.4 Å². The number of aromatic nitrogens is 2. The van der Waals surface area contributed by atoms with Gasteiger partial charge in [-0.1, -0.05) is 34.6 Å². The third-order valence-electron chi connectivity index (χ3n) is 7.10. The summed E-state index contributed by atoms with van der Waals surface area (Å²) in [5, 5.41) is 16.5. The summed E-state index contributed by atoms with van der Waals surface area (Å²) >= 11 is 0. The second-order valence-electron chi connectivity index (χ2n) is 10.8. The number of fused-ring (bicyclic) bond motifs is 1. The van der Waals surface area contributed by atoms with Gasteiger partial charge in [0, 0.05) is 19.8 Å². The van der Waals surface area contributed by atoms with Crippen LogP contribution in [-0.4, -0.2) is 57.2 Å². The molecule has 1 aromatic heterocycles. The number of alkyl halides is 3. The highest BCUT2D eigenvalue weighted by atomic mass is 19.4. The second-order valence-corrected chi connectivity index (χ2v) is 10.8. The van der Waals surface area contributed by atoms with Gasteiger partial charge >= 0.3 is 12.1 Å². The van der Waals surface area contributed by atoms with Crippen LogP contribution >= 0.6 is 0 Å². The van der Waals surface area contributed by atoms with Gasteiger partial charge in [0.2, 0.25) is 11.8 Å². The molecule has 1 unspecified atom stereocenters. The largest absolute Gasteiger partial charge is 0.471 e. The highest BCUT2D eigenvalue weighted by molar-refractivity contribution is 5.95. The molecule has 10 nitrogen and oxygen atoms in total. The van der Waals surface area contributed by atoms with Crippen LogP contribution in [0.25, 0.3) is 0 Å². The van der Waals surface area contributed by atoms with Gasteiger partial charge in [-0.3, -0.25) is 23.9 Å². The van der Waals surface area contributed by atoms with Crippen molar-refractivity contribution in [1.82, 2.24) is 25.3 Å². The van der Waals surface area contributed by atoms with Gasteiger partial charge in [-0.05, 0) is 22.7 Å². The summed E-state index contributed by atoms with van der Waals surface area (Å²) < 4.78 is 39.9. The monoisotopic (exact) mass is 498 g/mol. The summed E-state index contributed by atoms with van der Waals surface area (Å²) in [5.41, 5.74) is -1.90. The maximum Gasteiger partial charge on any atom is 0.471 e. The molecule has 2 aliphatic rings. The molecule has 2 heterocycles. The number of nitriles is 1. The number of hydrogen-bond donors (Lipinski definition) is 3. The molecule has 0 aromatic carbocycles. The van der Waals surface area contributed by atoms with Crippen LogP contribution in [0.3, 0.4) is 0 Å². The molecule has 3 rings (SSSR count). The van der Waals surface area contributed by atoms with E-state index in [1.165, 1.54) is 38.9 Å². The van der Waals surface area contributed by atoms with E-state index in [4.69, 9.17) is 0 Å². The Morgan fingerprint density at radius 1 is 1.23 bits per heavy atom. The van der Waals surface area contributed by atoms with Crippen molar-refractivity contribution < 1.29 is 27.6 Å². The Balaban J connectivity index is 1.90. The maximum absolute atomic E-state index is 13.5. The molecule has 1 saturated carbocycles. The van der Waals surface area contributed by atoms with Crippen LogP contribution in [0.5, 0.6) is 0 Å². The normalized spacial score (nSPS) is 24.7. The van der Waals surface area contributed by atoms with Crippen LogP contribution in [0, 0.1) is 34.0 Å². The van der Waals surface area contributed by atoms with Crippen molar-refractivity contribution in [2.75, 3.05) is 6.54 Å². The third-order valence-corrected chi connectivity index (χ3v) is 7.10. The molecule has 35 heavy (non-hydrogen) atoms. The molecule has 1 aromatic rings. The first-order chi connectivity index (χ1) is 15.9. The van der Waals surface area contributed by atoms with Gasteiger partial charge in [0.25, 0.3) is 5.56 Å². The van der Waals surface area contributed by atoms with Crippen molar-refractivity contribution >= 4 is 17.7 Å². The van der Waals surface area contributed by atoms with Gasteiger partial charge in [-0.25, -0.2) is 0 Å². The summed E-state index contributed by atoms with van der Waals surface area (Å²) in [6, 6.07) is -2.06. The maximum atomic E-state index is 13.5. The molecule has 0 spiro atoms. The Kier molecular flexibility index (Phi) is 6.33. The number of likely N-dealkylation sites (tertiary alicyclic amines) is 1. The van der Waals surface area contributed by atoms with Gasteiger partial charge in [0.15, 0.2) is 0 Å². The molecule has 192 valence electrons. The number of piperidine rings is 1. The topological polar surface area (TPSA) is 140 Å². The zero-order chi connectivity index (χ0) is 26.7. The van der Waals surface area contributed by atoms with E-state index in [0.29, 0.717) is 0 Å². The number of aryl methyl sites for hydroxylation is 1. The minimum Gasteiger partial charge on any atom is -0.336 e. The molecule has 0 bridgehead atoms. The zero-order valence-corrected chi connectivity index (χ0v) is 20.3. The van der Waals surface area contributed by atoms with Crippen LogP contribution < -0.4 is 16.2 Å². The van der Waals surface area contributed by atoms with E-state index in [1.54, 1.807) is 5.32 Å². The molecule has 2 fully saturated rings. The number of H-pyrrole nitrogens is 1. The molecule has 1 aliphatic heterocycles. The summed E-state index contributed by atoms with van der Waals surface area (Å²) in [5.74, 6) is -4.13. The Morgan fingerprint density at radius 2 is 1.83 bits per heavy atom. The Labute approximate surface area is 199 Å². The summed E-state index contributed by atoms with van der Waals surface area (Å²) in [7, 11) is 1.44.